The van der Waals surface area contributed by atoms with Gasteiger partial charge in [0.15, 0.2) is 0 Å². The predicted molar refractivity (Wildman–Crippen MR) is 91.9 cm³/mol. The van der Waals surface area contributed by atoms with Crippen molar-refractivity contribution in [3.63, 3.8) is 0 Å². The molecule has 4 saturated carbocycles. The average molecular weight is 319 g/mol. The smallest absolute Gasteiger partial charge is 0.302 e. The van der Waals surface area contributed by atoms with E-state index in [1.165, 1.54) is 57.8 Å². The minimum absolute atomic E-state index is 0.0815. The molecule has 0 saturated heterocycles. The van der Waals surface area contributed by atoms with E-state index in [0.29, 0.717) is 5.41 Å². The Kier molecular flexibility index (Phi) is 3.81. The summed E-state index contributed by atoms with van der Waals surface area (Å²) in [6.45, 7) is 6.65. The van der Waals surface area contributed by atoms with E-state index in [1.807, 2.05) is 0 Å². The molecular weight excluding hydrogens is 284 g/mol. The number of esters is 1. The number of fused-ring (bicyclic) bond motifs is 5. The fraction of sp³-hybridized carbons (Fsp3) is 0.952. The standard InChI is InChI=1S/C21H34O2/c1-14(22)23-19-10-9-17-16-8-7-15-6-4-5-12-20(15,2)18(16)11-13-21(17,19)3/h15-19H,4-13H2,1-3H3/t15-,16?,17?,18?,19?,20+,21+/m0/s1. The lowest BCUT2D eigenvalue weighted by atomic mass is 9.45. The van der Waals surface area contributed by atoms with Crippen LogP contribution in [0.3, 0.4) is 0 Å². The topological polar surface area (TPSA) is 26.3 Å². The van der Waals surface area contributed by atoms with Crippen molar-refractivity contribution in [1.82, 2.24) is 0 Å². The van der Waals surface area contributed by atoms with Gasteiger partial charge in [-0.15, -0.1) is 0 Å². The first-order valence-electron chi connectivity index (χ1n) is 10.1. The number of carbonyl (C=O) groups is 1. The van der Waals surface area contributed by atoms with Gasteiger partial charge in [-0.3, -0.25) is 4.79 Å². The van der Waals surface area contributed by atoms with Gasteiger partial charge in [-0.05, 0) is 80.5 Å². The summed E-state index contributed by atoms with van der Waals surface area (Å²) in [5.41, 5.74) is 0.868. The normalized spacial score (nSPS) is 52.2. The summed E-state index contributed by atoms with van der Waals surface area (Å²) in [4.78, 5) is 11.5. The minimum Gasteiger partial charge on any atom is -0.462 e. The summed E-state index contributed by atoms with van der Waals surface area (Å²) in [5, 5.41) is 0. The van der Waals surface area contributed by atoms with E-state index < -0.39 is 0 Å². The average Bonchev–Trinajstić information content (AvgIpc) is 2.83. The van der Waals surface area contributed by atoms with Crippen LogP contribution in [0.1, 0.15) is 85.0 Å². The van der Waals surface area contributed by atoms with Crippen molar-refractivity contribution >= 4 is 5.97 Å². The third-order valence-corrected chi connectivity index (χ3v) is 8.80. The quantitative estimate of drug-likeness (QED) is 0.609. The molecule has 2 nitrogen and oxygen atoms in total. The van der Waals surface area contributed by atoms with Crippen molar-refractivity contribution in [2.75, 3.05) is 0 Å². The van der Waals surface area contributed by atoms with Crippen LogP contribution in [0.4, 0.5) is 0 Å². The SMILES string of the molecule is CC(=O)OC1CCC2C3CC[C@@H]4CCCC[C@@]4(C)C3CC[C@@]12C. The van der Waals surface area contributed by atoms with Crippen LogP contribution in [-0.2, 0) is 9.53 Å². The molecule has 7 atom stereocenters. The fourth-order valence-corrected chi connectivity index (χ4v) is 7.64. The minimum atomic E-state index is -0.0815. The van der Waals surface area contributed by atoms with Gasteiger partial charge in [0.2, 0.25) is 0 Å². The molecule has 0 bridgehead atoms. The Morgan fingerprint density at radius 2 is 1.65 bits per heavy atom. The molecule has 0 amide bonds. The van der Waals surface area contributed by atoms with Crippen LogP contribution in [0.25, 0.3) is 0 Å². The van der Waals surface area contributed by atoms with Crippen LogP contribution in [0.2, 0.25) is 0 Å². The van der Waals surface area contributed by atoms with Gasteiger partial charge in [-0.1, -0.05) is 26.7 Å². The van der Waals surface area contributed by atoms with Gasteiger partial charge in [0, 0.05) is 12.3 Å². The first-order valence-corrected chi connectivity index (χ1v) is 10.1. The lowest BCUT2D eigenvalue weighted by molar-refractivity contribution is -0.161. The van der Waals surface area contributed by atoms with Crippen LogP contribution in [-0.4, -0.2) is 12.1 Å². The predicted octanol–water partition coefficient (Wildman–Crippen LogP) is 5.35. The zero-order valence-electron chi connectivity index (χ0n) is 15.3. The Balaban J connectivity index is 1.59. The highest BCUT2D eigenvalue weighted by atomic mass is 16.5. The molecule has 4 rings (SSSR count). The molecule has 0 spiro atoms. The Hall–Kier alpha value is -0.530. The summed E-state index contributed by atoms with van der Waals surface area (Å²) < 4.78 is 5.76. The Labute approximate surface area is 141 Å². The van der Waals surface area contributed by atoms with Crippen molar-refractivity contribution in [3.05, 3.63) is 0 Å². The van der Waals surface area contributed by atoms with Gasteiger partial charge in [0.25, 0.3) is 0 Å². The van der Waals surface area contributed by atoms with Crippen molar-refractivity contribution in [3.8, 4) is 0 Å². The van der Waals surface area contributed by atoms with Gasteiger partial charge >= 0.3 is 5.97 Å². The zero-order valence-corrected chi connectivity index (χ0v) is 15.3. The highest BCUT2D eigenvalue weighted by Gasteiger charge is 2.60. The molecule has 0 aliphatic heterocycles. The van der Waals surface area contributed by atoms with Crippen molar-refractivity contribution < 1.29 is 9.53 Å². The Morgan fingerprint density at radius 1 is 0.870 bits per heavy atom. The summed E-state index contributed by atoms with van der Waals surface area (Å²) in [6.07, 6.45) is 14.0. The Bertz CT molecular complexity index is 486. The van der Waals surface area contributed by atoms with E-state index in [2.05, 4.69) is 13.8 Å². The van der Waals surface area contributed by atoms with E-state index >= 15 is 0 Å². The summed E-state index contributed by atoms with van der Waals surface area (Å²) in [5.74, 6) is 3.55. The second kappa shape index (κ2) is 5.49. The number of carbonyl (C=O) groups excluding carboxylic acids is 1. The van der Waals surface area contributed by atoms with Crippen LogP contribution >= 0.6 is 0 Å². The summed E-state index contributed by atoms with van der Waals surface area (Å²) >= 11 is 0. The van der Waals surface area contributed by atoms with E-state index in [4.69, 9.17) is 4.74 Å². The number of ether oxygens (including phenoxy) is 1. The third-order valence-electron chi connectivity index (χ3n) is 8.80. The largest absolute Gasteiger partial charge is 0.462 e. The molecule has 130 valence electrons. The second-order valence-electron chi connectivity index (χ2n) is 9.62. The van der Waals surface area contributed by atoms with E-state index in [-0.39, 0.29) is 17.5 Å². The number of hydrogen-bond donors (Lipinski definition) is 0. The third kappa shape index (κ3) is 2.30. The second-order valence-corrected chi connectivity index (χ2v) is 9.62. The molecule has 0 heterocycles. The Morgan fingerprint density at radius 3 is 2.43 bits per heavy atom. The molecule has 0 aromatic rings. The first kappa shape index (κ1) is 16.0. The van der Waals surface area contributed by atoms with E-state index in [1.54, 1.807) is 6.92 Å². The highest BCUT2D eigenvalue weighted by molar-refractivity contribution is 5.66. The molecule has 0 aromatic carbocycles. The van der Waals surface area contributed by atoms with Crippen LogP contribution in [0.5, 0.6) is 0 Å². The lowest BCUT2D eigenvalue weighted by Crippen LogP contribution is -2.53. The molecule has 23 heavy (non-hydrogen) atoms. The molecule has 4 aliphatic carbocycles. The molecular formula is C21H34O2. The highest BCUT2D eigenvalue weighted by Crippen LogP contribution is 2.66. The van der Waals surface area contributed by atoms with Crippen LogP contribution in [0, 0.1) is 34.5 Å². The number of hydrogen-bond acceptors (Lipinski definition) is 2. The summed E-state index contributed by atoms with van der Waals surface area (Å²) in [6, 6.07) is 0. The monoisotopic (exact) mass is 318 g/mol. The lowest BCUT2D eigenvalue weighted by Gasteiger charge is -2.60. The maximum Gasteiger partial charge on any atom is 0.302 e. The van der Waals surface area contributed by atoms with Crippen molar-refractivity contribution in [2.45, 2.75) is 91.1 Å². The molecule has 0 N–H and O–H groups in total. The molecule has 2 heteroatoms. The van der Waals surface area contributed by atoms with Gasteiger partial charge < -0.3 is 4.74 Å². The first-order chi connectivity index (χ1) is 10.9. The van der Waals surface area contributed by atoms with Crippen molar-refractivity contribution in [1.29, 1.82) is 0 Å². The van der Waals surface area contributed by atoms with Crippen molar-refractivity contribution in [2.24, 2.45) is 34.5 Å². The zero-order chi connectivity index (χ0) is 16.2. The van der Waals surface area contributed by atoms with Crippen LogP contribution < -0.4 is 0 Å². The fourth-order valence-electron chi connectivity index (χ4n) is 7.64. The van der Waals surface area contributed by atoms with E-state index in [9.17, 15) is 4.79 Å². The maximum atomic E-state index is 11.5. The molecule has 0 radical (unpaired) electrons. The summed E-state index contributed by atoms with van der Waals surface area (Å²) in [7, 11) is 0. The maximum absolute atomic E-state index is 11.5. The molecule has 0 aromatic heterocycles. The van der Waals surface area contributed by atoms with E-state index in [0.717, 1.165) is 30.1 Å². The van der Waals surface area contributed by atoms with Crippen LogP contribution in [0.15, 0.2) is 0 Å². The molecule has 4 fully saturated rings. The number of rotatable bonds is 1. The van der Waals surface area contributed by atoms with Gasteiger partial charge in [0.1, 0.15) is 6.10 Å². The molecule has 4 aliphatic rings. The van der Waals surface area contributed by atoms with Gasteiger partial charge in [-0.2, -0.15) is 0 Å². The van der Waals surface area contributed by atoms with Gasteiger partial charge in [0.05, 0.1) is 0 Å². The molecule has 4 unspecified atom stereocenters. The van der Waals surface area contributed by atoms with Gasteiger partial charge in [-0.25, -0.2) is 0 Å².